The summed E-state index contributed by atoms with van der Waals surface area (Å²) in [5, 5.41) is 21.7. The first-order valence-electron chi connectivity index (χ1n) is 11.6. The molecule has 3 aromatic rings. The van der Waals surface area contributed by atoms with Crippen LogP contribution in [0.15, 0.2) is 66.1 Å². The van der Waals surface area contributed by atoms with Gasteiger partial charge in [0, 0.05) is 49.3 Å². The van der Waals surface area contributed by atoms with Crippen molar-refractivity contribution in [3.63, 3.8) is 0 Å². The maximum absolute atomic E-state index is 11.9. The fourth-order valence-electron chi connectivity index (χ4n) is 3.85. The number of rotatable bonds is 10. The van der Waals surface area contributed by atoms with Gasteiger partial charge in [0.2, 0.25) is 5.91 Å². The number of nitrogens with zero attached hydrogens (tertiary/aromatic N) is 2. The minimum absolute atomic E-state index is 0.0142. The molecule has 1 aliphatic heterocycles. The van der Waals surface area contributed by atoms with Crippen molar-refractivity contribution < 1.29 is 29.3 Å². The number of benzene rings is 2. The molecule has 0 spiro atoms. The van der Waals surface area contributed by atoms with Crippen molar-refractivity contribution in [2.45, 2.75) is 49.5 Å². The molecule has 190 valence electrons. The van der Waals surface area contributed by atoms with Gasteiger partial charge in [0.05, 0.1) is 25.2 Å². The zero-order chi connectivity index (χ0) is 25.5. The molecule has 2 heterocycles. The standard InChI is InChI=1S/C26H29N3O6S/c1-29-13-12-27-26(29)36-16-21-14-22(18-4-2-17(15-30)3-5-18)35-25(34-21)19-6-8-20(9-7-19)28-23(31)10-11-24(32)33/h2-9,12-13,21-22,25,30H,10-11,14-16H2,1H3,(H,28,31)(H,32,33)/t21-,22+,25+/m1/s1. The van der Waals surface area contributed by atoms with Gasteiger partial charge in [0.15, 0.2) is 11.4 Å². The van der Waals surface area contributed by atoms with Gasteiger partial charge < -0.3 is 29.6 Å². The van der Waals surface area contributed by atoms with Crippen molar-refractivity contribution >= 4 is 29.3 Å². The van der Waals surface area contributed by atoms with Crippen LogP contribution < -0.4 is 5.32 Å². The van der Waals surface area contributed by atoms with Crippen molar-refractivity contribution in [3.05, 3.63) is 77.6 Å². The summed E-state index contributed by atoms with van der Waals surface area (Å²) in [6, 6.07) is 14.9. The summed E-state index contributed by atoms with van der Waals surface area (Å²) in [5.74, 6) is -0.662. The second-order valence-electron chi connectivity index (χ2n) is 8.55. The highest BCUT2D eigenvalue weighted by molar-refractivity contribution is 7.99. The van der Waals surface area contributed by atoms with E-state index in [0.29, 0.717) is 17.9 Å². The molecule has 1 aromatic heterocycles. The number of ether oxygens (including phenoxy) is 2. The van der Waals surface area contributed by atoms with Crippen LogP contribution in [0, 0.1) is 0 Å². The Morgan fingerprint density at radius 3 is 2.44 bits per heavy atom. The van der Waals surface area contributed by atoms with E-state index in [1.165, 1.54) is 0 Å². The van der Waals surface area contributed by atoms with Gasteiger partial charge in [-0.25, -0.2) is 4.98 Å². The highest BCUT2D eigenvalue weighted by atomic mass is 32.2. The van der Waals surface area contributed by atoms with Crippen LogP contribution >= 0.6 is 11.8 Å². The van der Waals surface area contributed by atoms with Gasteiger partial charge in [-0.2, -0.15) is 0 Å². The lowest BCUT2D eigenvalue weighted by molar-refractivity contribution is -0.245. The normalized spacial score (nSPS) is 19.7. The van der Waals surface area contributed by atoms with E-state index in [4.69, 9.17) is 14.6 Å². The van der Waals surface area contributed by atoms with Crippen molar-refractivity contribution in [2.75, 3.05) is 11.1 Å². The number of carbonyl (C=O) groups excluding carboxylic acids is 1. The molecule has 1 saturated heterocycles. The average Bonchev–Trinajstić information content (AvgIpc) is 3.31. The molecule has 9 nitrogen and oxygen atoms in total. The molecule has 10 heteroatoms. The Bertz CT molecular complexity index is 1170. The maximum atomic E-state index is 11.9. The number of carboxylic acid groups (broad SMARTS) is 1. The van der Waals surface area contributed by atoms with Crippen LogP contribution in [-0.2, 0) is 32.7 Å². The SMILES string of the molecule is Cn1ccnc1SC[C@H]1C[C@@H](c2ccc(CO)cc2)O[C@@H](c2ccc(NC(=O)CCC(=O)O)cc2)O1. The van der Waals surface area contributed by atoms with E-state index < -0.39 is 12.3 Å². The summed E-state index contributed by atoms with van der Waals surface area (Å²) >= 11 is 1.63. The molecule has 1 fully saturated rings. The Balaban J connectivity index is 1.47. The number of amides is 1. The number of aliphatic hydroxyl groups excluding tert-OH is 1. The van der Waals surface area contributed by atoms with E-state index in [1.807, 2.05) is 54.2 Å². The quantitative estimate of drug-likeness (QED) is 0.349. The Morgan fingerprint density at radius 1 is 1.08 bits per heavy atom. The summed E-state index contributed by atoms with van der Waals surface area (Å²) < 4.78 is 14.6. The highest BCUT2D eigenvalue weighted by Gasteiger charge is 2.32. The van der Waals surface area contributed by atoms with E-state index in [-0.39, 0.29) is 37.6 Å². The number of anilines is 1. The average molecular weight is 512 g/mol. The lowest BCUT2D eigenvalue weighted by Gasteiger charge is -2.36. The van der Waals surface area contributed by atoms with Crippen LogP contribution in [0.1, 0.15) is 48.3 Å². The molecule has 36 heavy (non-hydrogen) atoms. The molecular formula is C26H29N3O6S. The number of aliphatic carboxylic acids is 1. The van der Waals surface area contributed by atoms with Gasteiger partial charge in [-0.05, 0) is 23.3 Å². The Hall–Kier alpha value is -3.18. The maximum Gasteiger partial charge on any atom is 0.303 e. The molecule has 0 saturated carbocycles. The Morgan fingerprint density at radius 2 is 1.81 bits per heavy atom. The molecule has 1 amide bonds. The van der Waals surface area contributed by atoms with E-state index in [2.05, 4.69) is 10.3 Å². The van der Waals surface area contributed by atoms with Crippen LogP contribution in [0.4, 0.5) is 5.69 Å². The first kappa shape index (κ1) is 25.9. The van der Waals surface area contributed by atoms with Crippen molar-refractivity contribution in [3.8, 4) is 0 Å². The lowest BCUT2D eigenvalue weighted by Crippen LogP contribution is -2.31. The summed E-state index contributed by atoms with van der Waals surface area (Å²) in [4.78, 5) is 27.0. The molecule has 3 atom stereocenters. The fourth-order valence-corrected chi connectivity index (χ4v) is 4.80. The molecule has 0 unspecified atom stereocenters. The number of carboxylic acids is 1. The number of imidazole rings is 1. The third kappa shape index (κ3) is 6.94. The van der Waals surface area contributed by atoms with Gasteiger partial charge in [0.25, 0.3) is 0 Å². The van der Waals surface area contributed by atoms with Crippen LogP contribution in [-0.4, -0.2) is 43.5 Å². The topological polar surface area (TPSA) is 123 Å². The molecule has 3 N–H and O–H groups in total. The number of carbonyl (C=O) groups is 2. The number of nitrogens with one attached hydrogen (secondary N) is 1. The second kappa shape index (κ2) is 12.2. The number of aliphatic hydroxyl groups is 1. The molecule has 0 radical (unpaired) electrons. The van der Waals surface area contributed by atoms with Crippen LogP contribution in [0.5, 0.6) is 0 Å². The minimum atomic E-state index is -1.01. The third-order valence-electron chi connectivity index (χ3n) is 5.82. The van der Waals surface area contributed by atoms with E-state index in [0.717, 1.165) is 21.8 Å². The van der Waals surface area contributed by atoms with Crippen molar-refractivity contribution in [1.29, 1.82) is 0 Å². The number of aromatic nitrogens is 2. The summed E-state index contributed by atoms with van der Waals surface area (Å²) in [6.45, 7) is -0.0142. The number of aryl methyl sites for hydroxylation is 1. The zero-order valence-electron chi connectivity index (χ0n) is 19.9. The molecule has 0 aliphatic carbocycles. The molecule has 0 bridgehead atoms. The predicted molar refractivity (Wildman–Crippen MR) is 134 cm³/mol. The summed E-state index contributed by atoms with van der Waals surface area (Å²) in [6.07, 6.45) is 3.15. The molecule has 4 rings (SSSR count). The largest absolute Gasteiger partial charge is 0.481 e. The van der Waals surface area contributed by atoms with Crippen LogP contribution in [0.25, 0.3) is 0 Å². The molecular weight excluding hydrogens is 482 g/mol. The van der Waals surface area contributed by atoms with Crippen molar-refractivity contribution in [2.24, 2.45) is 7.05 Å². The first-order valence-corrected chi connectivity index (χ1v) is 12.6. The predicted octanol–water partition coefficient (Wildman–Crippen LogP) is 4.05. The van der Waals surface area contributed by atoms with Crippen LogP contribution in [0.2, 0.25) is 0 Å². The van der Waals surface area contributed by atoms with Crippen LogP contribution in [0.3, 0.4) is 0 Å². The highest BCUT2D eigenvalue weighted by Crippen LogP contribution is 2.39. The van der Waals surface area contributed by atoms with Gasteiger partial charge >= 0.3 is 5.97 Å². The van der Waals surface area contributed by atoms with Gasteiger partial charge in [-0.1, -0.05) is 48.2 Å². The molecule has 2 aromatic carbocycles. The van der Waals surface area contributed by atoms with Gasteiger partial charge in [-0.15, -0.1) is 0 Å². The monoisotopic (exact) mass is 511 g/mol. The van der Waals surface area contributed by atoms with E-state index in [1.54, 1.807) is 30.1 Å². The molecule has 1 aliphatic rings. The zero-order valence-corrected chi connectivity index (χ0v) is 20.7. The minimum Gasteiger partial charge on any atom is -0.481 e. The van der Waals surface area contributed by atoms with Gasteiger partial charge in [-0.3, -0.25) is 9.59 Å². The Labute approximate surface area is 213 Å². The summed E-state index contributed by atoms with van der Waals surface area (Å²) in [5.41, 5.74) is 3.23. The smallest absolute Gasteiger partial charge is 0.303 e. The van der Waals surface area contributed by atoms with Gasteiger partial charge in [0.1, 0.15) is 0 Å². The second-order valence-corrected chi connectivity index (χ2v) is 9.53. The number of hydrogen-bond donors (Lipinski definition) is 3. The van der Waals surface area contributed by atoms with Crippen molar-refractivity contribution in [1.82, 2.24) is 9.55 Å². The number of hydrogen-bond acceptors (Lipinski definition) is 7. The lowest BCUT2D eigenvalue weighted by atomic mass is 10.0. The third-order valence-corrected chi connectivity index (χ3v) is 7.01. The van der Waals surface area contributed by atoms with E-state index in [9.17, 15) is 14.7 Å². The summed E-state index contributed by atoms with van der Waals surface area (Å²) in [7, 11) is 1.95. The fraction of sp³-hybridized carbons (Fsp3) is 0.346. The Kier molecular flexibility index (Phi) is 8.76. The number of thioether (sulfide) groups is 1. The van der Waals surface area contributed by atoms with E-state index >= 15 is 0 Å². The first-order chi connectivity index (χ1) is 17.4.